The standard InChI is InChI=1S/C20H14ClN3O3S/c1-25-20-23-24-15(10-22-19(24)28-20)18-9-14-16(7-13(21)8-17(14)27-18)26-11-12-5-3-2-4-6-12/h2-10H,11H2,1H3. The van der Waals surface area contributed by atoms with Crippen LogP contribution in [0.15, 0.2) is 59.1 Å². The van der Waals surface area contributed by atoms with E-state index in [1.165, 1.54) is 11.3 Å². The van der Waals surface area contributed by atoms with Crippen molar-refractivity contribution in [3.63, 3.8) is 0 Å². The van der Waals surface area contributed by atoms with Crippen LogP contribution in [0.1, 0.15) is 5.56 Å². The second kappa shape index (κ2) is 6.85. The van der Waals surface area contributed by atoms with Crippen LogP contribution in [0.3, 0.4) is 0 Å². The van der Waals surface area contributed by atoms with Gasteiger partial charge in [0.2, 0.25) is 4.96 Å². The zero-order valence-electron chi connectivity index (χ0n) is 14.8. The molecule has 0 N–H and O–H groups in total. The Labute approximate surface area is 168 Å². The highest BCUT2D eigenvalue weighted by atomic mass is 35.5. The number of nitrogens with zero attached hydrogens (tertiary/aromatic N) is 3. The van der Waals surface area contributed by atoms with Crippen molar-refractivity contribution in [2.45, 2.75) is 6.61 Å². The van der Waals surface area contributed by atoms with Gasteiger partial charge < -0.3 is 13.9 Å². The average molecular weight is 412 g/mol. The lowest BCUT2D eigenvalue weighted by atomic mass is 10.2. The minimum absolute atomic E-state index is 0.441. The predicted molar refractivity (Wildman–Crippen MR) is 108 cm³/mol. The Morgan fingerprint density at radius 1 is 1.18 bits per heavy atom. The molecular formula is C20H14ClN3O3S. The van der Waals surface area contributed by atoms with Crippen molar-refractivity contribution < 1.29 is 13.9 Å². The van der Waals surface area contributed by atoms with E-state index >= 15 is 0 Å². The molecule has 0 spiro atoms. The molecule has 0 aliphatic carbocycles. The predicted octanol–water partition coefficient (Wildman–Crippen LogP) is 5.45. The van der Waals surface area contributed by atoms with Crippen molar-refractivity contribution in [3.05, 3.63) is 65.3 Å². The highest BCUT2D eigenvalue weighted by molar-refractivity contribution is 7.18. The van der Waals surface area contributed by atoms with Gasteiger partial charge in [0.1, 0.15) is 23.6 Å². The molecule has 8 heteroatoms. The number of rotatable bonds is 5. The number of furan rings is 1. The Bertz CT molecular complexity index is 1280. The molecule has 0 radical (unpaired) electrons. The number of aromatic nitrogens is 3. The summed E-state index contributed by atoms with van der Waals surface area (Å²) in [5, 5.41) is 6.31. The second-order valence-corrected chi connectivity index (χ2v) is 7.47. The van der Waals surface area contributed by atoms with Gasteiger partial charge in [-0.25, -0.2) is 4.98 Å². The summed E-state index contributed by atoms with van der Waals surface area (Å²) >= 11 is 7.63. The van der Waals surface area contributed by atoms with Crippen LogP contribution in [-0.2, 0) is 6.61 Å². The number of halogens is 1. The molecule has 0 amide bonds. The molecule has 0 aliphatic rings. The van der Waals surface area contributed by atoms with Gasteiger partial charge >= 0.3 is 0 Å². The van der Waals surface area contributed by atoms with E-state index in [1.807, 2.05) is 36.4 Å². The Kier molecular flexibility index (Phi) is 4.18. The molecule has 6 nitrogen and oxygen atoms in total. The molecule has 0 atom stereocenters. The molecule has 5 aromatic rings. The molecule has 140 valence electrons. The minimum Gasteiger partial charge on any atom is -0.488 e. The third kappa shape index (κ3) is 2.98. The van der Waals surface area contributed by atoms with Crippen molar-refractivity contribution in [1.29, 1.82) is 0 Å². The molecule has 3 heterocycles. The normalized spacial score (nSPS) is 11.4. The fourth-order valence-electron chi connectivity index (χ4n) is 2.98. The summed E-state index contributed by atoms with van der Waals surface area (Å²) in [6, 6.07) is 15.5. The lowest BCUT2D eigenvalue weighted by molar-refractivity contribution is 0.310. The molecule has 0 bridgehead atoms. The van der Waals surface area contributed by atoms with Crippen LogP contribution < -0.4 is 9.47 Å². The highest BCUT2D eigenvalue weighted by Gasteiger charge is 2.18. The Morgan fingerprint density at radius 3 is 2.86 bits per heavy atom. The molecule has 0 unspecified atom stereocenters. The first-order valence-electron chi connectivity index (χ1n) is 8.50. The smallest absolute Gasteiger partial charge is 0.294 e. The molecule has 0 saturated heterocycles. The average Bonchev–Trinajstić information content (AvgIpc) is 3.40. The maximum Gasteiger partial charge on any atom is 0.294 e. The van der Waals surface area contributed by atoms with E-state index in [4.69, 9.17) is 25.5 Å². The van der Waals surface area contributed by atoms with Crippen molar-refractivity contribution in [2.75, 3.05) is 7.11 Å². The van der Waals surface area contributed by atoms with Gasteiger partial charge in [0.25, 0.3) is 5.19 Å². The van der Waals surface area contributed by atoms with Gasteiger partial charge in [-0.15, -0.1) is 5.10 Å². The highest BCUT2D eigenvalue weighted by Crippen LogP contribution is 2.37. The number of hydrogen-bond acceptors (Lipinski definition) is 6. The van der Waals surface area contributed by atoms with E-state index in [0.29, 0.717) is 33.9 Å². The summed E-state index contributed by atoms with van der Waals surface area (Å²) in [6.45, 7) is 0.441. The van der Waals surface area contributed by atoms with E-state index in [2.05, 4.69) is 10.1 Å². The molecule has 28 heavy (non-hydrogen) atoms. The number of methoxy groups -OCH3 is 1. The summed E-state index contributed by atoms with van der Waals surface area (Å²) in [4.78, 5) is 5.10. The van der Waals surface area contributed by atoms with Gasteiger partial charge in [0.05, 0.1) is 18.7 Å². The number of benzene rings is 2. The zero-order chi connectivity index (χ0) is 19.1. The molecule has 3 aromatic heterocycles. The van der Waals surface area contributed by atoms with Crippen LogP contribution in [0.5, 0.6) is 10.9 Å². The van der Waals surface area contributed by atoms with Crippen LogP contribution in [0.25, 0.3) is 27.4 Å². The van der Waals surface area contributed by atoms with Crippen molar-refractivity contribution in [2.24, 2.45) is 0 Å². The molecular weight excluding hydrogens is 398 g/mol. The summed E-state index contributed by atoms with van der Waals surface area (Å²) in [5.74, 6) is 1.29. The van der Waals surface area contributed by atoms with Crippen LogP contribution in [0.4, 0.5) is 0 Å². The lowest BCUT2D eigenvalue weighted by Gasteiger charge is -2.07. The molecule has 0 fully saturated rings. The maximum absolute atomic E-state index is 6.27. The minimum atomic E-state index is 0.441. The zero-order valence-corrected chi connectivity index (χ0v) is 16.3. The van der Waals surface area contributed by atoms with Gasteiger partial charge in [0.15, 0.2) is 5.76 Å². The fourth-order valence-corrected chi connectivity index (χ4v) is 3.87. The van der Waals surface area contributed by atoms with E-state index in [-0.39, 0.29) is 0 Å². The summed E-state index contributed by atoms with van der Waals surface area (Å²) < 4.78 is 19.0. The van der Waals surface area contributed by atoms with Crippen LogP contribution in [-0.4, -0.2) is 21.7 Å². The molecule has 0 aliphatic heterocycles. The Morgan fingerprint density at radius 2 is 2.04 bits per heavy atom. The van der Waals surface area contributed by atoms with Crippen LogP contribution in [0.2, 0.25) is 5.02 Å². The van der Waals surface area contributed by atoms with Crippen LogP contribution in [0, 0.1) is 0 Å². The number of imidazole rings is 1. The first kappa shape index (κ1) is 17.1. The van der Waals surface area contributed by atoms with E-state index < -0.39 is 0 Å². The van der Waals surface area contributed by atoms with E-state index in [0.717, 1.165) is 21.6 Å². The van der Waals surface area contributed by atoms with Crippen molar-refractivity contribution in [3.8, 4) is 22.4 Å². The quantitative estimate of drug-likeness (QED) is 0.385. The van der Waals surface area contributed by atoms with Gasteiger partial charge in [-0.3, -0.25) is 0 Å². The molecule has 2 aromatic carbocycles. The SMILES string of the molecule is COc1nn2c(-c3cc4c(OCc5ccccc5)cc(Cl)cc4o3)cnc2s1. The fraction of sp³-hybridized carbons (Fsp3) is 0.100. The Hall–Kier alpha value is -3.03. The van der Waals surface area contributed by atoms with Crippen LogP contribution >= 0.6 is 22.9 Å². The summed E-state index contributed by atoms with van der Waals surface area (Å²) in [5.41, 5.74) is 2.45. The van der Waals surface area contributed by atoms with Gasteiger partial charge in [-0.1, -0.05) is 41.9 Å². The van der Waals surface area contributed by atoms with Gasteiger partial charge in [-0.2, -0.15) is 4.52 Å². The summed E-state index contributed by atoms with van der Waals surface area (Å²) in [7, 11) is 1.58. The van der Waals surface area contributed by atoms with Gasteiger partial charge in [-0.05, 0) is 29.0 Å². The number of fused-ring (bicyclic) bond motifs is 2. The topological polar surface area (TPSA) is 61.8 Å². The number of ether oxygens (including phenoxy) is 2. The first-order valence-corrected chi connectivity index (χ1v) is 9.69. The monoisotopic (exact) mass is 411 g/mol. The van der Waals surface area contributed by atoms with E-state index in [1.54, 1.807) is 30.0 Å². The third-order valence-electron chi connectivity index (χ3n) is 4.30. The lowest BCUT2D eigenvalue weighted by Crippen LogP contribution is -1.95. The second-order valence-electron chi connectivity index (χ2n) is 6.11. The van der Waals surface area contributed by atoms with Gasteiger partial charge in [0, 0.05) is 11.1 Å². The van der Waals surface area contributed by atoms with Crippen molar-refractivity contribution >= 4 is 38.9 Å². The number of hydrogen-bond donors (Lipinski definition) is 0. The largest absolute Gasteiger partial charge is 0.488 e. The third-order valence-corrected chi connectivity index (χ3v) is 5.40. The Balaban J connectivity index is 1.55. The molecule has 0 saturated carbocycles. The van der Waals surface area contributed by atoms with E-state index in [9.17, 15) is 0 Å². The summed E-state index contributed by atoms with van der Waals surface area (Å²) in [6.07, 6.45) is 1.72. The maximum atomic E-state index is 6.27. The van der Waals surface area contributed by atoms with Crippen molar-refractivity contribution in [1.82, 2.24) is 14.6 Å². The molecule has 5 rings (SSSR count). The first-order chi connectivity index (χ1) is 13.7.